The van der Waals surface area contributed by atoms with E-state index in [4.69, 9.17) is 16.3 Å². The van der Waals surface area contributed by atoms with Crippen LogP contribution in [-0.4, -0.2) is 19.4 Å². The van der Waals surface area contributed by atoms with E-state index in [1.54, 1.807) is 0 Å². The van der Waals surface area contributed by atoms with Crippen LogP contribution in [-0.2, 0) is 24.0 Å². The highest BCUT2D eigenvalue weighted by molar-refractivity contribution is 6.21. The number of aryl methyl sites for hydroxylation is 3. The molecule has 1 atom stereocenters. The van der Waals surface area contributed by atoms with Crippen molar-refractivity contribution in [3.8, 4) is 0 Å². The van der Waals surface area contributed by atoms with Gasteiger partial charge in [0.15, 0.2) is 0 Å². The molecule has 120 valence electrons. The van der Waals surface area contributed by atoms with Gasteiger partial charge in [0.25, 0.3) is 0 Å². The maximum Gasteiger partial charge on any atom is 0.411 e. The molecule has 0 N–H and O–H groups in total. The SMILES string of the molecule is CCc1cc(CC)c(C(Cl)COCC(F)(F)F)c(CC)c1. The zero-order chi connectivity index (χ0) is 16.0. The number of benzene rings is 1. The standard InChI is InChI=1S/C16H22ClF3O/c1-4-11-7-12(5-2)15(13(6-3)8-11)14(17)9-21-10-16(18,19)20/h7-8,14H,4-6,9-10H2,1-3H3. The molecule has 0 saturated carbocycles. The molecule has 0 amide bonds. The summed E-state index contributed by atoms with van der Waals surface area (Å²) in [5, 5.41) is -0.553. The molecule has 1 aromatic carbocycles. The van der Waals surface area contributed by atoms with Crippen molar-refractivity contribution < 1.29 is 17.9 Å². The van der Waals surface area contributed by atoms with Gasteiger partial charge in [0.05, 0.1) is 12.0 Å². The van der Waals surface area contributed by atoms with Gasteiger partial charge in [-0.25, -0.2) is 0 Å². The summed E-state index contributed by atoms with van der Waals surface area (Å²) in [6.45, 7) is 4.74. The van der Waals surface area contributed by atoms with Crippen LogP contribution in [0.1, 0.15) is 48.4 Å². The molecule has 0 bridgehead atoms. The van der Waals surface area contributed by atoms with Crippen molar-refractivity contribution in [2.24, 2.45) is 0 Å². The van der Waals surface area contributed by atoms with Gasteiger partial charge >= 0.3 is 6.18 Å². The minimum Gasteiger partial charge on any atom is -0.370 e. The van der Waals surface area contributed by atoms with E-state index in [2.05, 4.69) is 19.1 Å². The highest BCUT2D eigenvalue weighted by Gasteiger charge is 2.28. The Hall–Kier alpha value is -0.740. The molecular weight excluding hydrogens is 301 g/mol. The van der Waals surface area contributed by atoms with Crippen LogP contribution in [0.25, 0.3) is 0 Å². The molecule has 1 aromatic rings. The maximum atomic E-state index is 12.1. The average molecular weight is 323 g/mol. The zero-order valence-corrected chi connectivity index (χ0v) is 13.4. The van der Waals surface area contributed by atoms with Crippen LogP contribution in [0.15, 0.2) is 12.1 Å². The maximum absolute atomic E-state index is 12.1. The monoisotopic (exact) mass is 322 g/mol. The van der Waals surface area contributed by atoms with Gasteiger partial charge in [-0.2, -0.15) is 13.2 Å². The summed E-state index contributed by atoms with van der Waals surface area (Å²) >= 11 is 6.31. The van der Waals surface area contributed by atoms with Gasteiger partial charge in [0, 0.05) is 0 Å². The third-order valence-corrected chi connectivity index (χ3v) is 3.77. The predicted molar refractivity (Wildman–Crippen MR) is 80.0 cm³/mol. The van der Waals surface area contributed by atoms with Gasteiger partial charge in [-0.05, 0) is 41.5 Å². The summed E-state index contributed by atoms with van der Waals surface area (Å²) in [5.41, 5.74) is 4.36. The Kier molecular flexibility index (Phi) is 7.01. The fraction of sp³-hybridized carbons (Fsp3) is 0.625. The van der Waals surface area contributed by atoms with Crippen molar-refractivity contribution in [2.75, 3.05) is 13.2 Å². The van der Waals surface area contributed by atoms with Gasteiger partial charge in [-0.1, -0.05) is 32.9 Å². The Morgan fingerprint density at radius 2 is 1.57 bits per heavy atom. The zero-order valence-electron chi connectivity index (χ0n) is 12.7. The molecule has 0 saturated heterocycles. The first-order valence-corrected chi connectivity index (χ1v) is 7.69. The third-order valence-electron chi connectivity index (χ3n) is 3.42. The van der Waals surface area contributed by atoms with E-state index in [1.807, 2.05) is 13.8 Å². The largest absolute Gasteiger partial charge is 0.411 e. The van der Waals surface area contributed by atoms with Crippen LogP contribution in [0, 0.1) is 0 Å². The molecule has 0 fully saturated rings. The van der Waals surface area contributed by atoms with Crippen molar-refractivity contribution in [1.82, 2.24) is 0 Å². The molecule has 1 nitrogen and oxygen atoms in total. The van der Waals surface area contributed by atoms with Crippen LogP contribution >= 0.6 is 11.6 Å². The molecule has 1 rings (SSSR count). The minimum atomic E-state index is -4.32. The highest BCUT2D eigenvalue weighted by atomic mass is 35.5. The molecule has 0 aliphatic carbocycles. The Morgan fingerprint density at radius 1 is 1.05 bits per heavy atom. The van der Waals surface area contributed by atoms with E-state index in [1.165, 1.54) is 5.56 Å². The topological polar surface area (TPSA) is 9.23 Å². The smallest absolute Gasteiger partial charge is 0.370 e. The number of rotatable bonds is 7. The first-order valence-electron chi connectivity index (χ1n) is 7.25. The van der Waals surface area contributed by atoms with E-state index in [-0.39, 0.29) is 6.61 Å². The summed E-state index contributed by atoms with van der Waals surface area (Å²) in [7, 11) is 0. The summed E-state index contributed by atoms with van der Waals surface area (Å²) in [5.74, 6) is 0. The Bertz CT molecular complexity index is 432. The summed E-state index contributed by atoms with van der Waals surface area (Å²) in [6.07, 6.45) is -1.78. The van der Waals surface area contributed by atoms with Gasteiger partial charge in [-0.15, -0.1) is 11.6 Å². The van der Waals surface area contributed by atoms with Crippen LogP contribution in [0.3, 0.4) is 0 Å². The van der Waals surface area contributed by atoms with Gasteiger partial charge in [-0.3, -0.25) is 0 Å². The van der Waals surface area contributed by atoms with Crippen molar-refractivity contribution in [1.29, 1.82) is 0 Å². The van der Waals surface area contributed by atoms with Crippen molar-refractivity contribution in [3.05, 3.63) is 34.4 Å². The van der Waals surface area contributed by atoms with Crippen molar-refractivity contribution in [3.63, 3.8) is 0 Å². The van der Waals surface area contributed by atoms with E-state index >= 15 is 0 Å². The Morgan fingerprint density at radius 3 is 1.95 bits per heavy atom. The van der Waals surface area contributed by atoms with Gasteiger partial charge in [0.1, 0.15) is 6.61 Å². The van der Waals surface area contributed by atoms with Crippen molar-refractivity contribution >= 4 is 11.6 Å². The molecule has 0 heterocycles. The quantitative estimate of drug-likeness (QED) is 0.624. The fourth-order valence-electron chi connectivity index (χ4n) is 2.40. The first kappa shape index (κ1) is 18.3. The molecule has 0 aromatic heterocycles. The molecule has 5 heteroatoms. The van der Waals surface area contributed by atoms with Crippen LogP contribution in [0.4, 0.5) is 13.2 Å². The highest BCUT2D eigenvalue weighted by Crippen LogP contribution is 2.31. The molecule has 0 aliphatic heterocycles. The van der Waals surface area contributed by atoms with Crippen LogP contribution in [0.2, 0.25) is 0 Å². The Balaban J connectivity index is 2.93. The lowest BCUT2D eigenvalue weighted by atomic mass is 9.92. The first-order chi connectivity index (χ1) is 9.82. The second-order valence-corrected chi connectivity index (χ2v) is 5.51. The Labute approximate surface area is 129 Å². The normalized spacial score (nSPS) is 13.5. The number of alkyl halides is 4. The van der Waals surface area contributed by atoms with E-state index < -0.39 is 18.2 Å². The van der Waals surface area contributed by atoms with Crippen molar-refractivity contribution in [2.45, 2.75) is 51.6 Å². The molecular formula is C16H22ClF3O. The van der Waals surface area contributed by atoms with Crippen LogP contribution in [0.5, 0.6) is 0 Å². The van der Waals surface area contributed by atoms with E-state index in [0.29, 0.717) is 0 Å². The molecule has 0 spiro atoms. The summed E-state index contributed by atoms with van der Waals surface area (Å²) in [6, 6.07) is 4.18. The average Bonchev–Trinajstić information content (AvgIpc) is 2.43. The van der Waals surface area contributed by atoms with Gasteiger partial charge in [0.2, 0.25) is 0 Å². The second-order valence-electron chi connectivity index (χ2n) is 4.99. The predicted octanol–water partition coefficient (Wildman–Crippen LogP) is 5.23. The fourth-order valence-corrected chi connectivity index (χ4v) is 2.77. The summed E-state index contributed by atoms with van der Waals surface area (Å²) < 4.78 is 41.1. The lowest BCUT2D eigenvalue weighted by molar-refractivity contribution is -0.173. The second kappa shape index (κ2) is 8.04. The number of hydrogen-bond donors (Lipinski definition) is 0. The third kappa shape index (κ3) is 5.51. The van der Waals surface area contributed by atoms with E-state index in [0.717, 1.165) is 36.0 Å². The molecule has 0 radical (unpaired) electrons. The minimum absolute atomic E-state index is 0.132. The molecule has 1 unspecified atom stereocenters. The van der Waals surface area contributed by atoms with Gasteiger partial charge < -0.3 is 4.74 Å². The number of ether oxygens (including phenoxy) is 1. The molecule has 21 heavy (non-hydrogen) atoms. The number of halogens is 4. The number of hydrogen-bond acceptors (Lipinski definition) is 1. The lowest BCUT2D eigenvalue weighted by Crippen LogP contribution is -2.19. The molecule has 0 aliphatic rings. The lowest BCUT2D eigenvalue weighted by Gasteiger charge is -2.20. The van der Waals surface area contributed by atoms with Crippen LogP contribution < -0.4 is 0 Å². The van der Waals surface area contributed by atoms with E-state index in [9.17, 15) is 13.2 Å². The summed E-state index contributed by atoms with van der Waals surface area (Å²) in [4.78, 5) is 0.